The molecular formula is C14H25N3. The predicted octanol–water partition coefficient (Wildman–Crippen LogP) is 1.71. The highest BCUT2D eigenvalue weighted by Gasteiger charge is 2.08. The molecule has 0 amide bonds. The second-order valence-electron chi connectivity index (χ2n) is 4.72. The molecule has 0 saturated heterocycles. The van der Waals surface area contributed by atoms with Crippen LogP contribution in [0.1, 0.15) is 12.0 Å². The fraction of sp³-hybridized carbons (Fsp3) is 0.571. The number of anilines is 1. The zero-order chi connectivity index (χ0) is 12.7. The molecule has 0 aliphatic heterocycles. The Labute approximate surface area is 105 Å². The number of rotatable bonds is 7. The van der Waals surface area contributed by atoms with Crippen LogP contribution in [0.15, 0.2) is 24.3 Å². The van der Waals surface area contributed by atoms with E-state index in [4.69, 9.17) is 5.73 Å². The van der Waals surface area contributed by atoms with Crippen molar-refractivity contribution in [2.75, 3.05) is 45.2 Å². The Morgan fingerprint density at radius 3 is 2.35 bits per heavy atom. The normalized spacial score (nSPS) is 10.9. The molecule has 0 radical (unpaired) electrons. The van der Waals surface area contributed by atoms with Gasteiger partial charge in [-0.1, -0.05) is 18.2 Å². The first-order valence-electron chi connectivity index (χ1n) is 6.30. The molecule has 3 nitrogen and oxygen atoms in total. The number of hydrogen-bond acceptors (Lipinski definition) is 3. The van der Waals surface area contributed by atoms with Crippen LogP contribution in [-0.2, 0) is 0 Å². The van der Waals surface area contributed by atoms with E-state index in [-0.39, 0.29) is 0 Å². The van der Waals surface area contributed by atoms with Gasteiger partial charge in [-0.3, -0.25) is 0 Å². The molecule has 0 aliphatic rings. The Morgan fingerprint density at radius 1 is 1.06 bits per heavy atom. The van der Waals surface area contributed by atoms with Crippen molar-refractivity contribution in [1.82, 2.24) is 4.90 Å². The van der Waals surface area contributed by atoms with Gasteiger partial charge in [-0.25, -0.2) is 0 Å². The Balaban J connectivity index is 2.71. The molecule has 3 heteroatoms. The van der Waals surface area contributed by atoms with Crippen molar-refractivity contribution in [3.05, 3.63) is 29.8 Å². The second-order valence-corrected chi connectivity index (χ2v) is 4.72. The van der Waals surface area contributed by atoms with Crippen molar-refractivity contribution >= 4 is 5.69 Å². The van der Waals surface area contributed by atoms with Gasteiger partial charge in [0.15, 0.2) is 0 Å². The van der Waals surface area contributed by atoms with E-state index in [2.05, 4.69) is 55.1 Å². The lowest BCUT2D eigenvalue weighted by molar-refractivity contribution is 0.412. The molecule has 1 aromatic rings. The second kappa shape index (κ2) is 7.30. The molecule has 17 heavy (non-hydrogen) atoms. The van der Waals surface area contributed by atoms with E-state index in [0.717, 1.165) is 32.6 Å². The minimum absolute atomic E-state index is 0.754. The molecule has 0 bridgehead atoms. The lowest BCUT2D eigenvalue weighted by atomic mass is 10.1. The molecule has 0 spiro atoms. The molecule has 0 aromatic heterocycles. The highest BCUT2D eigenvalue weighted by atomic mass is 15.2. The summed E-state index contributed by atoms with van der Waals surface area (Å²) in [6.07, 6.45) is 1.04. The number of nitrogens with zero attached hydrogens (tertiary/aromatic N) is 2. The topological polar surface area (TPSA) is 32.5 Å². The van der Waals surface area contributed by atoms with E-state index in [1.165, 1.54) is 11.3 Å². The van der Waals surface area contributed by atoms with Gasteiger partial charge in [0.1, 0.15) is 0 Å². The highest BCUT2D eigenvalue weighted by Crippen LogP contribution is 2.19. The Kier molecular flexibility index (Phi) is 6.01. The van der Waals surface area contributed by atoms with Crippen LogP contribution >= 0.6 is 0 Å². The third-order valence-corrected chi connectivity index (χ3v) is 2.91. The molecule has 0 fully saturated rings. The average Bonchev–Trinajstić information content (AvgIpc) is 2.30. The lowest BCUT2D eigenvalue weighted by Crippen LogP contribution is -2.33. The van der Waals surface area contributed by atoms with Crippen molar-refractivity contribution in [2.45, 2.75) is 13.3 Å². The molecule has 0 aliphatic carbocycles. The number of nitrogens with two attached hydrogens (primary N) is 1. The van der Waals surface area contributed by atoms with Gasteiger partial charge < -0.3 is 15.5 Å². The highest BCUT2D eigenvalue weighted by molar-refractivity contribution is 5.52. The lowest BCUT2D eigenvalue weighted by Gasteiger charge is -2.27. The molecular weight excluding hydrogens is 210 g/mol. The fourth-order valence-corrected chi connectivity index (χ4v) is 1.87. The van der Waals surface area contributed by atoms with Gasteiger partial charge in [0.05, 0.1) is 0 Å². The fourth-order valence-electron chi connectivity index (χ4n) is 1.87. The summed E-state index contributed by atoms with van der Waals surface area (Å²) in [6.45, 7) is 6.08. The van der Waals surface area contributed by atoms with E-state index in [1.54, 1.807) is 0 Å². The maximum Gasteiger partial charge on any atom is 0.0396 e. The van der Waals surface area contributed by atoms with Crippen LogP contribution in [0.2, 0.25) is 0 Å². The van der Waals surface area contributed by atoms with Gasteiger partial charge in [-0.05, 0) is 45.6 Å². The van der Waals surface area contributed by atoms with Crippen molar-refractivity contribution in [3.8, 4) is 0 Å². The first kappa shape index (κ1) is 14.0. The predicted molar refractivity (Wildman–Crippen MR) is 75.6 cm³/mol. The summed E-state index contributed by atoms with van der Waals surface area (Å²) in [5.41, 5.74) is 8.28. The average molecular weight is 235 g/mol. The number of para-hydroxylation sites is 1. The van der Waals surface area contributed by atoms with Crippen molar-refractivity contribution in [1.29, 1.82) is 0 Å². The van der Waals surface area contributed by atoms with Gasteiger partial charge in [0.2, 0.25) is 0 Å². The van der Waals surface area contributed by atoms with E-state index in [9.17, 15) is 0 Å². The Bertz CT molecular complexity index is 323. The van der Waals surface area contributed by atoms with Crippen molar-refractivity contribution < 1.29 is 0 Å². The summed E-state index contributed by atoms with van der Waals surface area (Å²) in [5, 5.41) is 0. The summed E-state index contributed by atoms with van der Waals surface area (Å²) in [6, 6.07) is 8.56. The summed E-state index contributed by atoms with van der Waals surface area (Å²) >= 11 is 0. The smallest absolute Gasteiger partial charge is 0.0396 e. The molecule has 0 saturated carbocycles. The summed E-state index contributed by atoms with van der Waals surface area (Å²) in [5.74, 6) is 0. The van der Waals surface area contributed by atoms with Crippen LogP contribution in [0, 0.1) is 6.92 Å². The third-order valence-electron chi connectivity index (χ3n) is 2.91. The van der Waals surface area contributed by atoms with Gasteiger partial charge in [-0.2, -0.15) is 0 Å². The number of likely N-dealkylation sites (N-methyl/N-ethyl adjacent to an activating group) is 1. The van der Waals surface area contributed by atoms with Crippen LogP contribution in [0.4, 0.5) is 5.69 Å². The molecule has 0 unspecified atom stereocenters. The monoisotopic (exact) mass is 235 g/mol. The minimum atomic E-state index is 0.754. The van der Waals surface area contributed by atoms with Crippen LogP contribution in [-0.4, -0.2) is 45.2 Å². The van der Waals surface area contributed by atoms with E-state index in [0.29, 0.717) is 0 Å². The zero-order valence-electron chi connectivity index (χ0n) is 11.3. The van der Waals surface area contributed by atoms with Crippen LogP contribution in [0.25, 0.3) is 0 Å². The van der Waals surface area contributed by atoms with Crippen molar-refractivity contribution in [2.24, 2.45) is 5.73 Å². The van der Waals surface area contributed by atoms with Crippen LogP contribution < -0.4 is 10.6 Å². The Hall–Kier alpha value is -1.06. The largest absolute Gasteiger partial charge is 0.370 e. The van der Waals surface area contributed by atoms with Crippen LogP contribution in [0.5, 0.6) is 0 Å². The van der Waals surface area contributed by atoms with Gasteiger partial charge >= 0.3 is 0 Å². The third kappa shape index (κ3) is 4.75. The first-order chi connectivity index (χ1) is 8.15. The molecule has 96 valence electrons. The maximum absolute atomic E-state index is 5.61. The molecule has 0 heterocycles. The van der Waals surface area contributed by atoms with E-state index < -0.39 is 0 Å². The first-order valence-corrected chi connectivity index (χ1v) is 6.30. The molecule has 1 aromatic carbocycles. The SMILES string of the molecule is Cc1ccccc1N(CCCN)CCN(C)C. The summed E-state index contributed by atoms with van der Waals surface area (Å²) in [4.78, 5) is 4.65. The minimum Gasteiger partial charge on any atom is -0.370 e. The van der Waals surface area contributed by atoms with Crippen molar-refractivity contribution in [3.63, 3.8) is 0 Å². The number of aryl methyl sites for hydroxylation is 1. The quantitative estimate of drug-likeness (QED) is 0.781. The standard InChI is InChI=1S/C14H25N3/c1-13-7-4-5-8-14(13)17(10-6-9-15)12-11-16(2)3/h4-5,7-8H,6,9-12,15H2,1-3H3. The number of benzene rings is 1. The summed E-state index contributed by atoms with van der Waals surface area (Å²) < 4.78 is 0. The maximum atomic E-state index is 5.61. The Morgan fingerprint density at radius 2 is 1.76 bits per heavy atom. The number of hydrogen-bond donors (Lipinski definition) is 1. The van der Waals surface area contributed by atoms with Gasteiger partial charge in [0.25, 0.3) is 0 Å². The van der Waals surface area contributed by atoms with Crippen LogP contribution in [0.3, 0.4) is 0 Å². The molecule has 0 atom stereocenters. The molecule has 2 N–H and O–H groups in total. The van der Waals surface area contributed by atoms with Gasteiger partial charge in [0, 0.05) is 25.3 Å². The molecule has 1 rings (SSSR count). The zero-order valence-corrected chi connectivity index (χ0v) is 11.3. The summed E-state index contributed by atoms with van der Waals surface area (Å²) in [7, 11) is 4.22. The van der Waals surface area contributed by atoms with E-state index >= 15 is 0 Å². The van der Waals surface area contributed by atoms with E-state index in [1.807, 2.05) is 0 Å². The van der Waals surface area contributed by atoms with Gasteiger partial charge in [-0.15, -0.1) is 0 Å².